The first-order valence-electron chi connectivity index (χ1n) is 12.2. The Balaban J connectivity index is 1.37. The monoisotopic (exact) mass is 510 g/mol. The Bertz CT molecular complexity index is 1350. The van der Waals surface area contributed by atoms with E-state index in [9.17, 15) is 23.1 Å². The molecule has 0 spiro atoms. The Morgan fingerprint density at radius 3 is 2.51 bits per heavy atom. The van der Waals surface area contributed by atoms with Crippen molar-refractivity contribution in [3.05, 3.63) is 70.7 Å². The number of nitrogens with zero attached hydrogens (tertiary/aromatic N) is 2. The van der Waals surface area contributed by atoms with Gasteiger partial charge in [-0.3, -0.25) is 14.7 Å². The molecule has 1 aliphatic rings. The molecule has 0 amide bonds. The van der Waals surface area contributed by atoms with E-state index >= 15 is 0 Å². The fourth-order valence-corrected chi connectivity index (χ4v) is 4.98. The van der Waals surface area contributed by atoms with Gasteiger partial charge in [0.15, 0.2) is 17.5 Å². The predicted octanol–water partition coefficient (Wildman–Crippen LogP) is 5.51. The molecule has 8 heteroatoms. The summed E-state index contributed by atoms with van der Waals surface area (Å²) in [4.78, 5) is 18.8. The van der Waals surface area contributed by atoms with Gasteiger partial charge in [-0.15, -0.1) is 0 Å². The number of rotatable bonds is 7. The van der Waals surface area contributed by atoms with Gasteiger partial charge in [0.1, 0.15) is 5.75 Å². The van der Waals surface area contributed by atoms with Crippen LogP contribution in [0, 0.1) is 41.6 Å². The van der Waals surface area contributed by atoms with Crippen LogP contribution >= 0.6 is 0 Å². The lowest BCUT2D eigenvalue weighted by molar-refractivity contribution is -0.152. The molecule has 1 saturated heterocycles. The molecule has 1 N–H and O–H groups in total. The summed E-state index contributed by atoms with van der Waals surface area (Å²) in [6.07, 6.45) is 4.87. The molecule has 0 unspecified atom stereocenters. The highest BCUT2D eigenvalue weighted by molar-refractivity contribution is 5.84. The minimum absolute atomic E-state index is 0.0600. The topological polar surface area (TPSA) is 62.7 Å². The van der Waals surface area contributed by atoms with E-state index < -0.39 is 28.8 Å². The van der Waals surface area contributed by atoms with Gasteiger partial charge >= 0.3 is 5.97 Å². The molecule has 3 aromatic rings. The molecule has 2 heterocycles. The normalized spacial score (nSPS) is 15.3. The van der Waals surface area contributed by atoms with E-state index in [0.29, 0.717) is 38.9 Å². The summed E-state index contributed by atoms with van der Waals surface area (Å²) >= 11 is 0. The number of carbonyl (C=O) groups is 1. The van der Waals surface area contributed by atoms with E-state index in [1.54, 1.807) is 7.11 Å². The standard InChI is InChI=1S/C29H29F3N2O3/c1-19-18-33-26-8-7-21(37-2)17-23(26)22(19)6-3-9-29(28(35)36)10-13-34(14-11-29)12-4-5-20-15-24(30)27(32)25(31)16-20/h7-8,15-18H,3,6,9-14H2,1-2H3,(H,35,36). The van der Waals surface area contributed by atoms with Gasteiger partial charge in [0.25, 0.3) is 0 Å². The quantitative estimate of drug-likeness (QED) is 0.336. The van der Waals surface area contributed by atoms with Crippen LogP contribution in [0.15, 0.2) is 36.5 Å². The average Bonchev–Trinajstić information content (AvgIpc) is 2.89. The summed E-state index contributed by atoms with van der Waals surface area (Å²) in [7, 11) is 1.63. The van der Waals surface area contributed by atoms with Gasteiger partial charge in [0.2, 0.25) is 0 Å². The molecule has 1 fully saturated rings. The first kappa shape index (κ1) is 26.5. The number of carboxylic acid groups (broad SMARTS) is 1. The van der Waals surface area contributed by atoms with Crippen molar-refractivity contribution in [3.8, 4) is 17.6 Å². The molecular formula is C29H29F3N2O3. The number of methoxy groups -OCH3 is 1. The van der Waals surface area contributed by atoms with E-state index in [0.717, 1.165) is 52.8 Å². The average molecular weight is 511 g/mol. The molecule has 1 aliphatic heterocycles. The van der Waals surface area contributed by atoms with E-state index in [1.165, 1.54) is 0 Å². The van der Waals surface area contributed by atoms with Crippen molar-refractivity contribution in [2.75, 3.05) is 26.7 Å². The van der Waals surface area contributed by atoms with Crippen LogP contribution in [0.25, 0.3) is 10.9 Å². The molecule has 5 nitrogen and oxygen atoms in total. The molecular weight excluding hydrogens is 481 g/mol. The first-order chi connectivity index (χ1) is 17.7. The summed E-state index contributed by atoms with van der Waals surface area (Å²) in [5.74, 6) is 1.42. The zero-order valence-electron chi connectivity index (χ0n) is 20.9. The second kappa shape index (κ2) is 11.2. The van der Waals surface area contributed by atoms with Gasteiger partial charge in [-0.25, -0.2) is 13.2 Å². The molecule has 0 saturated carbocycles. The van der Waals surface area contributed by atoms with Gasteiger partial charge in [-0.2, -0.15) is 0 Å². The van der Waals surface area contributed by atoms with Gasteiger partial charge in [0.05, 0.1) is 24.6 Å². The minimum Gasteiger partial charge on any atom is -0.497 e. The largest absolute Gasteiger partial charge is 0.497 e. The van der Waals surface area contributed by atoms with Crippen molar-refractivity contribution < 1.29 is 27.8 Å². The van der Waals surface area contributed by atoms with Crippen molar-refractivity contribution in [2.45, 2.75) is 39.0 Å². The molecule has 37 heavy (non-hydrogen) atoms. The summed E-state index contributed by atoms with van der Waals surface area (Å²) < 4.78 is 45.2. The van der Waals surface area contributed by atoms with Crippen LogP contribution in [0.3, 0.4) is 0 Å². The highest BCUT2D eigenvalue weighted by atomic mass is 19.2. The lowest BCUT2D eigenvalue weighted by atomic mass is 9.74. The van der Waals surface area contributed by atoms with Crippen molar-refractivity contribution in [1.82, 2.24) is 9.88 Å². The maximum absolute atomic E-state index is 13.4. The minimum atomic E-state index is -1.52. The Labute approximate surface area is 214 Å². The van der Waals surface area contributed by atoms with E-state index in [2.05, 4.69) is 16.8 Å². The molecule has 2 aromatic carbocycles. The van der Waals surface area contributed by atoms with Crippen LogP contribution in [0.4, 0.5) is 13.2 Å². The zero-order chi connectivity index (χ0) is 26.6. The lowest BCUT2D eigenvalue weighted by Crippen LogP contribution is -2.44. The van der Waals surface area contributed by atoms with Crippen LogP contribution < -0.4 is 4.74 Å². The third-order valence-electron chi connectivity index (χ3n) is 7.27. The second-order valence-electron chi connectivity index (χ2n) is 9.57. The number of ether oxygens (including phenoxy) is 1. The maximum atomic E-state index is 13.4. The third-order valence-corrected chi connectivity index (χ3v) is 7.27. The van der Waals surface area contributed by atoms with Gasteiger partial charge in [0, 0.05) is 30.2 Å². The number of aliphatic carboxylic acids is 1. The highest BCUT2D eigenvalue weighted by Crippen LogP contribution is 2.37. The fourth-order valence-electron chi connectivity index (χ4n) is 4.98. The second-order valence-corrected chi connectivity index (χ2v) is 9.57. The van der Waals surface area contributed by atoms with Crippen LogP contribution in [0.2, 0.25) is 0 Å². The maximum Gasteiger partial charge on any atom is 0.309 e. The summed E-state index contributed by atoms with van der Waals surface area (Å²) in [6.45, 7) is 3.46. The number of aryl methyl sites for hydroxylation is 2. The SMILES string of the molecule is COc1ccc2ncc(C)c(CCCC3(C(=O)O)CCN(CC#Cc4cc(F)c(F)c(F)c4)CC3)c2c1. The van der Waals surface area contributed by atoms with Crippen molar-refractivity contribution in [1.29, 1.82) is 0 Å². The number of hydrogen-bond acceptors (Lipinski definition) is 4. The Morgan fingerprint density at radius 2 is 1.86 bits per heavy atom. The number of fused-ring (bicyclic) bond motifs is 1. The van der Waals surface area contributed by atoms with Crippen LogP contribution in [-0.4, -0.2) is 47.7 Å². The number of aromatic nitrogens is 1. The van der Waals surface area contributed by atoms with Gasteiger partial charge in [-0.1, -0.05) is 11.8 Å². The number of pyridine rings is 1. The van der Waals surface area contributed by atoms with Crippen molar-refractivity contribution in [2.24, 2.45) is 5.41 Å². The molecule has 194 valence electrons. The summed E-state index contributed by atoms with van der Waals surface area (Å²) in [6, 6.07) is 7.51. The predicted molar refractivity (Wildman–Crippen MR) is 135 cm³/mol. The van der Waals surface area contributed by atoms with Gasteiger partial charge < -0.3 is 9.84 Å². The smallest absolute Gasteiger partial charge is 0.309 e. The number of halogens is 3. The Kier molecular flexibility index (Phi) is 8.03. The molecule has 0 radical (unpaired) electrons. The Hall–Kier alpha value is -3.57. The summed E-state index contributed by atoms with van der Waals surface area (Å²) in [5, 5.41) is 11.1. The van der Waals surface area contributed by atoms with Crippen molar-refractivity contribution >= 4 is 16.9 Å². The van der Waals surface area contributed by atoms with E-state index in [4.69, 9.17) is 4.74 Å². The lowest BCUT2D eigenvalue weighted by Gasteiger charge is -2.38. The molecule has 0 bridgehead atoms. The Morgan fingerprint density at radius 1 is 1.16 bits per heavy atom. The highest BCUT2D eigenvalue weighted by Gasteiger charge is 2.40. The van der Waals surface area contributed by atoms with Crippen LogP contribution in [0.5, 0.6) is 5.75 Å². The van der Waals surface area contributed by atoms with Crippen molar-refractivity contribution in [3.63, 3.8) is 0 Å². The van der Waals surface area contributed by atoms with Gasteiger partial charge in [-0.05, 0) is 80.5 Å². The fraction of sp³-hybridized carbons (Fsp3) is 0.379. The number of carboxylic acids is 1. The van der Waals surface area contributed by atoms with Crippen LogP contribution in [0.1, 0.15) is 42.4 Å². The number of likely N-dealkylation sites (tertiary alicyclic amines) is 1. The molecule has 0 atom stereocenters. The molecule has 1 aromatic heterocycles. The molecule has 4 rings (SSSR count). The third kappa shape index (κ3) is 5.89. The van der Waals surface area contributed by atoms with E-state index in [1.807, 2.05) is 36.2 Å². The number of hydrogen-bond donors (Lipinski definition) is 1. The zero-order valence-corrected chi connectivity index (χ0v) is 20.9. The number of benzene rings is 2. The van der Waals surface area contributed by atoms with Crippen LogP contribution in [-0.2, 0) is 11.2 Å². The summed E-state index contributed by atoms with van der Waals surface area (Å²) in [5.41, 5.74) is 2.37. The first-order valence-corrected chi connectivity index (χ1v) is 12.2. The van der Waals surface area contributed by atoms with E-state index in [-0.39, 0.29) is 5.56 Å². The number of piperidine rings is 1. The molecule has 0 aliphatic carbocycles.